The third kappa shape index (κ3) is 3.31. The first-order valence-corrected chi connectivity index (χ1v) is 9.64. The second kappa shape index (κ2) is 7.06. The van der Waals surface area contributed by atoms with Gasteiger partial charge in [0.1, 0.15) is 4.88 Å². The second-order valence-electron chi connectivity index (χ2n) is 5.55. The van der Waals surface area contributed by atoms with Gasteiger partial charge in [-0.1, -0.05) is 33.5 Å². The molecule has 0 atom stereocenters. The third-order valence-corrected chi connectivity index (χ3v) is 5.82. The van der Waals surface area contributed by atoms with Gasteiger partial charge in [-0.05, 0) is 48.3 Å². The summed E-state index contributed by atoms with van der Waals surface area (Å²) in [5.41, 5.74) is 2.33. The molecule has 1 aromatic carbocycles. The fourth-order valence-electron chi connectivity index (χ4n) is 2.45. The van der Waals surface area contributed by atoms with Gasteiger partial charge in [-0.3, -0.25) is 14.7 Å². The Bertz CT molecular complexity index is 1080. The van der Waals surface area contributed by atoms with Gasteiger partial charge >= 0.3 is 0 Å². The molecule has 0 fully saturated rings. The highest BCUT2D eigenvalue weighted by atomic mass is 35.5. The number of benzene rings is 1. The molecule has 1 amide bonds. The van der Waals surface area contributed by atoms with Crippen molar-refractivity contribution in [3.8, 4) is 0 Å². The fourth-order valence-corrected chi connectivity index (χ4v) is 4.30. The number of thiazole rings is 1. The number of halogens is 1. The van der Waals surface area contributed by atoms with Crippen LogP contribution in [0.5, 0.6) is 0 Å². The van der Waals surface area contributed by atoms with Crippen molar-refractivity contribution in [2.45, 2.75) is 13.5 Å². The highest BCUT2D eigenvalue weighted by Gasteiger charge is 2.25. The Balaban J connectivity index is 1.78. The van der Waals surface area contributed by atoms with E-state index in [4.69, 9.17) is 11.6 Å². The minimum absolute atomic E-state index is 0.175. The first-order chi connectivity index (χ1) is 12.6. The molecule has 0 aliphatic rings. The smallest absolute Gasteiger partial charge is 0.274 e. The lowest BCUT2D eigenvalue weighted by molar-refractivity contribution is 0.0988. The molecular weight excluding hydrogens is 390 g/mol. The van der Waals surface area contributed by atoms with Crippen molar-refractivity contribution in [1.82, 2.24) is 19.6 Å². The quantitative estimate of drug-likeness (QED) is 0.508. The van der Waals surface area contributed by atoms with Crippen molar-refractivity contribution in [3.05, 3.63) is 63.9 Å². The molecule has 130 valence electrons. The molecule has 0 bridgehead atoms. The number of rotatable bonds is 4. The number of pyridine rings is 1. The van der Waals surface area contributed by atoms with Crippen LogP contribution in [0.3, 0.4) is 0 Å². The highest BCUT2D eigenvalue weighted by molar-refractivity contribution is 7.22. The van der Waals surface area contributed by atoms with Gasteiger partial charge in [0.05, 0.1) is 22.5 Å². The molecule has 3 aromatic heterocycles. The van der Waals surface area contributed by atoms with E-state index >= 15 is 0 Å². The van der Waals surface area contributed by atoms with Gasteiger partial charge in [0.15, 0.2) is 5.13 Å². The van der Waals surface area contributed by atoms with E-state index in [1.165, 1.54) is 11.3 Å². The molecule has 0 aliphatic heterocycles. The van der Waals surface area contributed by atoms with Gasteiger partial charge in [-0.15, -0.1) is 5.10 Å². The van der Waals surface area contributed by atoms with E-state index < -0.39 is 0 Å². The molecule has 0 spiro atoms. The second-order valence-corrected chi connectivity index (χ2v) is 7.75. The Morgan fingerprint density at radius 2 is 2.19 bits per heavy atom. The summed E-state index contributed by atoms with van der Waals surface area (Å²) in [6.07, 6.45) is 3.44. The van der Waals surface area contributed by atoms with Gasteiger partial charge in [0, 0.05) is 17.4 Å². The van der Waals surface area contributed by atoms with Crippen LogP contribution in [0.25, 0.3) is 10.2 Å². The van der Waals surface area contributed by atoms with Crippen LogP contribution in [0.2, 0.25) is 5.02 Å². The number of nitrogens with zero attached hydrogens (tertiary/aromatic N) is 5. The van der Waals surface area contributed by atoms with Crippen LogP contribution in [0.15, 0.2) is 42.7 Å². The zero-order valence-corrected chi connectivity index (χ0v) is 16.0. The Kier molecular flexibility index (Phi) is 4.62. The van der Waals surface area contributed by atoms with E-state index in [9.17, 15) is 4.79 Å². The summed E-state index contributed by atoms with van der Waals surface area (Å²) >= 11 is 8.59. The zero-order valence-electron chi connectivity index (χ0n) is 13.6. The average molecular weight is 402 g/mol. The third-order valence-electron chi connectivity index (χ3n) is 3.72. The summed E-state index contributed by atoms with van der Waals surface area (Å²) < 4.78 is 4.80. The average Bonchev–Trinajstić information content (AvgIpc) is 3.25. The highest BCUT2D eigenvalue weighted by Crippen LogP contribution is 2.32. The first kappa shape index (κ1) is 17.0. The number of hydrogen-bond acceptors (Lipinski definition) is 7. The number of aromatic nitrogens is 4. The lowest BCUT2D eigenvalue weighted by atomic mass is 10.2. The van der Waals surface area contributed by atoms with Crippen molar-refractivity contribution in [1.29, 1.82) is 0 Å². The first-order valence-electron chi connectivity index (χ1n) is 7.67. The molecule has 0 unspecified atom stereocenters. The monoisotopic (exact) mass is 401 g/mol. The topological polar surface area (TPSA) is 71.9 Å². The van der Waals surface area contributed by atoms with Crippen LogP contribution >= 0.6 is 34.5 Å². The molecule has 26 heavy (non-hydrogen) atoms. The van der Waals surface area contributed by atoms with E-state index in [1.54, 1.807) is 30.3 Å². The molecule has 0 saturated carbocycles. The Morgan fingerprint density at radius 3 is 2.92 bits per heavy atom. The summed E-state index contributed by atoms with van der Waals surface area (Å²) in [5.74, 6) is -0.175. The molecule has 0 N–H and O–H groups in total. The summed E-state index contributed by atoms with van der Waals surface area (Å²) in [4.78, 5) is 24.0. The van der Waals surface area contributed by atoms with E-state index in [0.717, 1.165) is 27.3 Å². The number of hydrogen-bond donors (Lipinski definition) is 0. The lowest BCUT2D eigenvalue weighted by Crippen LogP contribution is -2.30. The largest absolute Gasteiger partial charge is 0.279 e. The van der Waals surface area contributed by atoms with Gasteiger partial charge in [-0.2, -0.15) is 0 Å². The van der Waals surface area contributed by atoms with Crippen molar-refractivity contribution < 1.29 is 4.79 Å². The number of anilines is 1. The predicted octanol–water partition coefficient (Wildman–Crippen LogP) is 4.35. The number of aryl methyl sites for hydroxylation is 1. The maximum Gasteiger partial charge on any atom is 0.274 e. The van der Waals surface area contributed by atoms with Gasteiger partial charge in [0.2, 0.25) is 0 Å². The minimum atomic E-state index is -0.175. The standard InChI is InChI=1S/C17H12ClN5OS2/c1-10-15(26-22-21-10)16(24)23(9-11-3-2-6-19-8-11)17-20-13-5-4-12(18)7-14(13)25-17/h2-8H,9H2,1H3. The molecular formula is C17H12ClN5OS2. The van der Waals surface area contributed by atoms with Crippen molar-refractivity contribution in [2.24, 2.45) is 0 Å². The fraction of sp³-hybridized carbons (Fsp3) is 0.118. The molecule has 4 rings (SSSR count). The minimum Gasteiger partial charge on any atom is -0.279 e. The van der Waals surface area contributed by atoms with Crippen molar-refractivity contribution in [3.63, 3.8) is 0 Å². The summed E-state index contributed by atoms with van der Waals surface area (Å²) in [5, 5.41) is 5.19. The van der Waals surface area contributed by atoms with E-state index in [2.05, 4.69) is 19.6 Å². The van der Waals surface area contributed by atoms with Crippen LogP contribution in [0.4, 0.5) is 5.13 Å². The molecule has 0 aliphatic carbocycles. The molecule has 6 nitrogen and oxygen atoms in total. The van der Waals surface area contributed by atoms with Gasteiger partial charge in [0.25, 0.3) is 5.91 Å². The van der Waals surface area contributed by atoms with Crippen LogP contribution in [0.1, 0.15) is 20.9 Å². The van der Waals surface area contributed by atoms with Gasteiger partial charge < -0.3 is 0 Å². The number of amides is 1. The van der Waals surface area contributed by atoms with E-state index in [1.807, 2.05) is 24.3 Å². The number of carbonyl (C=O) groups is 1. The Labute approximate surface area is 162 Å². The van der Waals surface area contributed by atoms with Crippen molar-refractivity contribution in [2.75, 3.05) is 4.90 Å². The molecule has 0 saturated heterocycles. The maximum absolute atomic E-state index is 13.2. The molecule has 9 heteroatoms. The summed E-state index contributed by atoms with van der Waals surface area (Å²) in [6.45, 7) is 2.13. The Hall–Kier alpha value is -2.42. The predicted molar refractivity (Wildman–Crippen MR) is 104 cm³/mol. The van der Waals surface area contributed by atoms with Crippen LogP contribution in [0, 0.1) is 6.92 Å². The van der Waals surface area contributed by atoms with Crippen LogP contribution < -0.4 is 4.90 Å². The molecule has 0 radical (unpaired) electrons. The number of fused-ring (bicyclic) bond motifs is 1. The SMILES string of the molecule is Cc1nnsc1C(=O)N(Cc1cccnc1)c1nc2ccc(Cl)cc2s1. The van der Waals surface area contributed by atoms with E-state index in [0.29, 0.717) is 27.3 Å². The van der Waals surface area contributed by atoms with Crippen molar-refractivity contribution >= 4 is 55.7 Å². The van der Waals surface area contributed by atoms with Gasteiger partial charge in [-0.25, -0.2) is 4.98 Å². The summed E-state index contributed by atoms with van der Waals surface area (Å²) in [7, 11) is 0. The zero-order chi connectivity index (χ0) is 18.1. The number of carbonyl (C=O) groups excluding carboxylic acids is 1. The summed E-state index contributed by atoms with van der Waals surface area (Å²) in [6, 6.07) is 9.26. The maximum atomic E-state index is 13.2. The Morgan fingerprint density at radius 1 is 1.31 bits per heavy atom. The van der Waals surface area contributed by atoms with Crippen LogP contribution in [-0.2, 0) is 6.54 Å². The molecule has 3 heterocycles. The van der Waals surface area contributed by atoms with E-state index in [-0.39, 0.29) is 5.91 Å². The normalized spacial score (nSPS) is 11.0. The lowest BCUT2D eigenvalue weighted by Gasteiger charge is -2.19. The molecule has 4 aromatic rings. The van der Waals surface area contributed by atoms with Crippen LogP contribution in [-0.4, -0.2) is 25.5 Å².